The molecular formula is C25H40O3. The summed E-state index contributed by atoms with van der Waals surface area (Å²) in [4.78, 5) is 12.6. The van der Waals surface area contributed by atoms with Crippen LogP contribution in [0.5, 0.6) is 11.5 Å². The van der Waals surface area contributed by atoms with Gasteiger partial charge >= 0.3 is 0 Å². The fourth-order valence-electron chi connectivity index (χ4n) is 4.23. The van der Waals surface area contributed by atoms with Gasteiger partial charge in [-0.2, -0.15) is 0 Å². The van der Waals surface area contributed by atoms with Gasteiger partial charge in [0.15, 0.2) is 5.78 Å². The average molecular weight is 389 g/mol. The predicted octanol–water partition coefficient (Wildman–Crippen LogP) is 7.43. The van der Waals surface area contributed by atoms with Crippen molar-refractivity contribution in [3.05, 3.63) is 22.8 Å². The second-order valence-corrected chi connectivity index (χ2v) is 8.96. The molecule has 0 saturated carbocycles. The van der Waals surface area contributed by atoms with Crippen molar-refractivity contribution >= 4 is 5.78 Å². The molecule has 0 amide bonds. The smallest absolute Gasteiger partial charge is 0.170 e. The molecule has 0 bridgehead atoms. The van der Waals surface area contributed by atoms with Gasteiger partial charge in [0.05, 0.1) is 12.0 Å². The Balaban J connectivity index is 1.71. The van der Waals surface area contributed by atoms with Crippen LogP contribution in [0.1, 0.15) is 119 Å². The summed E-state index contributed by atoms with van der Waals surface area (Å²) in [6.07, 6.45) is 15.9. The molecule has 1 aliphatic heterocycles. The highest BCUT2D eigenvalue weighted by atomic mass is 16.5. The van der Waals surface area contributed by atoms with Crippen molar-refractivity contribution in [3.8, 4) is 11.5 Å². The number of aromatic hydroxyl groups is 1. The van der Waals surface area contributed by atoms with Crippen molar-refractivity contribution in [1.29, 1.82) is 0 Å². The van der Waals surface area contributed by atoms with Crippen molar-refractivity contribution in [3.63, 3.8) is 0 Å². The number of rotatable bonds is 12. The Morgan fingerprint density at radius 2 is 1.46 bits per heavy atom. The first-order chi connectivity index (χ1) is 13.4. The molecule has 1 unspecified atom stereocenters. The van der Waals surface area contributed by atoms with Crippen LogP contribution in [-0.4, -0.2) is 16.5 Å². The lowest BCUT2D eigenvalue weighted by Gasteiger charge is -2.36. The van der Waals surface area contributed by atoms with E-state index in [2.05, 4.69) is 13.8 Å². The summed E-state index contributed by atoms with van der Waals surface area (Å²) >= 11 is 0. The van der Waals surface area contributed by atoms with Crippen molar-refractivity contribution < 1.29 is 14.6 Å². The Kier molecular flexibility index (Phi) is 8.85. The molecule has 2 rings (SSSR count). The number of Topliss-reactive ketones (excluding diaryl/α,β-unsaturated/α-hetero) is 1. The van der Waals surface area contributed by atoms with Gasteiger partial charge in [0, 0.05) is 0 Å². The van der Waals surface area contributed by atoms with E-state index >= 15 is 0 Å². The van der Waals surface area contributed by atoms with Gasteiger partial charge in [0.25, 0.3) is 0 Å². The lowest BCUT2D eigenvalue weighted by molar-refractivity contribution is 0.0445. The van der Waals surface area contributed by atoms with Crippen LogP contribution < -0.4 is 4.74 Å². The molecule has 1 atom stereocenters. The molecule has 0 aliphatic carbocycles. The number of fused-ring (bicyclic) bond motifs is 1. The standard InChI is InChI=1S/C25H40O3/c1-5-6-7-8-9-10-11-12-13-14-15-16-25(4)18-23(27)21-17-22(26)19(2)20(3)24(21)28-25/h17,26H,5-16,18H2,1-4H3. The van der Waals surface area contributed by atoms with E-state index in [1.807, 2.05) is 13.8 Å². The second kappa shape index (κ2) is 10.9. The summed E-state index contributed by atoms with van der Waals surface area (Å²) in [5.74, 6) is 0.949. The van der Waals surface area contributed by atoms with Gasteiger partial charge in [-0.3, -0.25) is 4.79 Å². The lowest BCUT2D eigenvalue weighted by atomic mass is 9.85. The number of unbranched alkanes of at least 4 members (excludes halogenated alkanes) is 10. The number of phenolic OH excluding ortho intramolecular Hbond substituents is 1. The molecule has 158 valence electrons. The SMILES string of the molecule is CCCCCCCCCCCCCC1(C)CC(=O)c2cc(O)c(C)c(C)c2O1. The largest absolute Gasteiger partial charge is 0.508 e. The summed E-state index contributed by atoms with van der Waals surface area (Å²) in [5, 5.41) is 10.0. The Labute approximate surface area is 171 Å². The molecular weight excluding hydrogens is 348 g/mol. The fraction of sp³-hybridized carbons (Fsp3) is 0.720. The van der Waals surface area contributed by atoms with E-state index in [-0.39, 0.29) is 11.5 Å². The molecule has 3 heteroatoms. The van der Waals surface area contributed by atoms with Gasteiger partial charge in [0.1, 0.15) is 17.1 Å². The molecule has 0 saturated heterocycles. The van der Waals surface area contributed by atoms with E-state index in [0.29, 0.717) is 17.7 Å². The maximum absolute atomic E-state index is 12.6. The number of ether oxygens (including phenoxy) is 1. The zero-order valence-corrected chi connectivity index (χ0v) is 18.5. The zero-order chi connectivity index (χ0) is 20.6. The topological polar surface area (TPSA) is 46.5 Å². The van der Waals surface area contributed by atoms with Gasteiger partial charge in [-0.25, -0.2) is 0 Å². The number of hydrogen-bond acceptors (Lipinski definition) is 3. The molecule has 0 radical (unpaired) electrons. The monoisotopic (exact) mass is 388 g/mol. The van der Waals surface area contributed by atoms with Crippen LogP contribution in [0.15, 0.2) is 6.07 Å². The number of phenols is 1. The first kappa shape index (κ1) is 22.8. The lowest BCUT2D eigenvalue weighted by Crippen LogP contribution is -2.39. The molecule has 1 N–H and O–H groups in total. The quantitative estimate of drug-likeness (QED) is 0.379. The zero-order valence-electron chi connectivity index (χ0n) is 18.5. The van der Waals surface area contributed by atoms with Crippen molar-refractivity contribution in [2.45, 2.75) is 117 Å². The van der Waals surface area contributed by atoms with E-state index in [1.54, 1.807) is 6.07 Å². The average Bonchev–Trinajstić information content (AvgIpc) is 2.65. The summed E-state index contributed by atoms with van der Waals surface area (Å²) in [6, 6.07) is 1.57. The third kappa shape index (κ3) is 6.25. The van der Waals surface area contributed by atoms with Gasteiger partial charge in [-0.15, -0.1) is 0 Å². The van der Waals surface area contributed by atoms with Crippen molar-refractivity contribution in [2.75, 3.05) is 0 Å². The first-order valence-electron chi connectivity index (χ1n) is 11.4. The van der Waals surface area contributed by atoms with Gasteiger partial charge in [-0.1, -0.05) is 71.1 Å². The highest BCUT2D eigenvalue weighted by molar-refractivity contribution is 6.01. The van der Waals surface area contributed by atoms with Crippen LogP contribution in [0.3, 0.4) is 0 Å². The minimum atomic E-state index is -0.419. The Bertz CT molecular complexity index is 650. The minimum absolute atomic E-state index is 0.0882. The minimum Gasteiger partial charge on any atom is -0.508 e. The van der Waals surface area contributed by atoms with Crippen LogP contribution >= 0.6 is 0 Å². The van der Waals surface area contributed by atoms with E-state index in [1.165, 1.54) is 64.2 Å². The molecule has 1 heterocycles. The molecule has 28 heavy (non-hydrogen) atoms. The maximum Gasteiger partial charge on any atom is 0.170 e. The van der Waals surface area contributed by atoms with Gasteiger partial charge in [0.2, 0.25) is 0 Å². The molecule has 0 fully saturated rings. The first-order valence-corrected chi connectivity index (χ1v) is 11.4. The van der Waals surface area contributed by atoms with Crippen LogP contribution in [0.2, 0.25) is 0 Å². The Morgan fingerprint density at radius 3 is 2.04 bits per heavy atom. The van der Waals surface area contributed by atoms with E-state index in [4.69, 9.17) is 4.74 Å². The number of carbonyl (C=O) groups excluding carboxylic acids is 1. The summed E-state index contributed by atoms with van der Waals surface area (Å²) in [6.45, 7) is 8.12. The molecule has 1 aromatic carbocycles. The van der Waals surface area contributed by atoms with Crippen molar-refractivity contribution in [1.82, 2.24) is 0 Å². The van der Waals surface area contributed by atoms with E-state index < -0.39 is 5.60 Å². The normalized spacial score (nSPS) is 18.8. The van der Waals surface area contributed by atoms with Crippen molar-refractivity contribution in [2.24, 2.45) is 0 Å². The van der Waals surface area contributed by atoms with E-state index in [9.17, 15) is 9.90 Å². The predicted molar refractivity (Wildman–Crippen MR) is 117 cm³/mol. The molecule has 1 aliphatic rings. The Morgan fingerprint density at radius 1 is 0.929 bits per heavy atom. The summed E-state index contributed by atoms with van der Waals surface area (Å²) in [5.41, 5.74) is 1.80. The number of benzene rings is 1. The maximum atomic E-state index is 12.6. The third-order valence-electron chi connectivity index (χ3n) is 6.31. The highest BCUT2D eigenvalue weighted by Crippen LogP contribution is 2.41. The molecule has 1 aromatic rings. The van der Waals surface area contributed by atoms with E-state index in [0.717, 1.165) is 24.0 Å². The van der Waals surface area contributed by atoms with Crippen LogP contribution in [-0.2, 0) is 0 Å². The van der Waals surface area contributed by atoms with Crippen LogP contribution in [0.4, 0.5) is 0 Å². The fourth-order valence-corrected chi connectivity index (χ4v) is 4.23. The second-order valence-electron chi connectivity index (χ2n) is 8.96. The van der Waals surface area contributed by atoms with Crippen LogP contribution in [0.25, 0.3) is 0 Å². The van der Waals surface area contributed by atoms with Gasteiger partial charge < -0.3 is 9.84 Å². The number of ketones is 1. The third-order valence-corrected chi connectivity index (χ3v) is 6.31. The van der Waals surface area contributed by atoms with Crippen LogP contribution in [0, 0.1) is 13.8 Å². The highest BCUT2D eigenvalue weighted by Gasteiger charge is 2.37. The number of hydrogen-bond donors (Lipinski definition) is 1. The molecule has 0 aromatic heterocycles. The molecule has 3 nitrogen and oxygen atoms in total. The molecule has 0 spiro atoms. The summed E-state index contributed by atoms with van der Waals surface area (Å²) in [7, 11) is 0. The summed E-state index contributed by atoms with van der Waals surface area (Å²) < 4.78 is 6.32. The van der Waals surface area contributed by atoms with Gasteiger partial charge in [-0.05, 0) is 50.8 Å². The number of carbonyl (C=O) groups is 1. The Hall–Kier alpha value is -1.51.